The van der Waals surface area contributed by atoms with Crippen LogP contribution < -0.4 is 0 Å². The molecule has 0 aromatic heterocycles. The van der Waals surface area contributed by atoms with Crippen molar-refractivity contribution in [3.05, 3.63) is 12.2 Å². The molecular formula is C17H30O4. The lowest BCUT2D eigenvalue weighted by Gasteiger charge is -2.33. The predicted octanol–water partition coefficient (Wildman–Crippen LogP) is 2.82. The second-order valence-electron chi connectivity index (χ2n) is 6.90. The molecular weight excluding hydrogens is 268 g/mol. The lowest BCUT2D eigenvalue weighted by Crippen LogP contribution is -2.35. The summed E-state index contributed by atoms with van der Waals surface area (Å²) < 4.78 is 5.15. The molecule has 2 unspecified atom stereocenters. The minimum Gasteiger partial charge on any atom is -0.466 e. The van der Waals surface area contributed by atoms with Gasteiger partial charge < -0.3 is 14.9 Å². The molecule has 1 fully saturated rings. The number of hydrogen-bond donors (Lipinski definition) is 2. The van der Waals surface area contributed by atoms with E-state index < -0.39 is 11.7 Å². The third kappa shape index (κ3) is 6.62. The van der Waals surface area contributed by atoms with Gasteiger partial charge >= 0.3 is 5.97 Å². The molecule has 1 aliphatic rings. The lowest BCUT2D eigenvalue weighted by atomic mass is 9.78. The molecule has 0 aromatic rings. The summed E-state index contributed by atoms with van der Waals surface area (Å²) in [6.07, 6.45) is 4.43. The number of hydrogen-bond acceptors (Lipinski definition) is 4. The summed E-state index contributed by atoms with van der Waals surface area (Å²) in [5.41, 5.74) is 0.0179. The Morgan fingerprint density at radius 2 is 2.05 bits per heavy atom. The Bertz CT molecular complexity index is 356. The van der Waals surface area contributed by atoms with Gasteiger partial charge in [-0.3, -0.25) is 4.79 Å². The fourth-order valence-corrected chi connectivity index (χ4v) is 2.96. The maximum atomic E-state index is 11.0. The second-order valence-corrected chi connectivity index (χ2v) is 6.90. The zero-order valence-corrected chi connectivity index (χ0v) is 13.6. The van der Waals surface area contributed by atoms with E-state index in [0.29, 0.717) is 18.9 Å². The van der Waals surface area contributed by atoms with Crippen LogP contribution in [0.4, 0.5) is 0 Å². The highest BCUT2D eigenvalue weighted by molar-refractivity contribution is 5.65. The van der Waals surface area contributed by atoms with Crippen molar-refractivity contribution in [3.8, 4) is 0 Å². The third-order valence-electron chi connectivity index (χ3n) is 4.53. The largest absolute Gasteiger partial charge is 0.466 e. The first-order valence-electron chi connectivity index (χ1n) is 7.91. The highest BCUT2D eigenvalue weighted by Gasteiger charge is 2.31. The Kier molecular flexibility index (Phi) is 6.88. The van der Waals surface area contributed by atoms with Gasteiger partial charge in [-0.1, -0.05) is 6.58 Å². The van der Waals surface area contributed by atoms with Gasteiger partial charge in [0.25, 0.3) is 0 Å². The molecule has 1 aliphatic carbocycles. The number of ether oxygens (including phenoxy) is 1. The number of rotatable bonds is 3. The van der Waals surface area contributed by atoms with Gasteiger partial charge in [0.15, 0.2) is 0 Å². The van der Waals surface area contributed by atoms with Crippen LogP contribution >= 0.6 is 0 Å². The lowest BCUT2D eigenvalue weighted by molar-refractivity contribution is -0.142. The maximum absolute atomic E-state index is 11.0. The summed E-state index contributed by atoms with van der Waals surface area (Å²) in [7, 11) is 0. The van der Waals surface area contributed by atoms with Gasteiger partial charge in [-0.15, -0.1) is 0 Å². The maximum Gasteiger partial charge on any atom is 0.302 e. The van der Waals surface area contributed by atoms with Crippen LogP contribution in [0.5, 0.6) is 0 Å². The molecule has 0 spiro atoms. The van der Waals surface area contributed by atoms with Crippen LogP contribution in [0.25, 0.3) is 0 Å². The normalized spacial score (nSPS) is 29.0. The van der Waals surface area contributed by atoms with E-state index in [0.717, 1.165) is 37.7 Å². The van der Waals surface area contributed by atoms with Crippen molar-refractivity contribution < 1.29 is 19.7 Å². The molecule has 3 atom stereocenters. The van der Waals surface area contributed by atoms with Gasteiger partial charge in [0.1, 0.15) is 0 Å². The fourth-order valence-electron chi connectivity index (χ4n) is 2.96. The first-order chi connectivity index (χ1) is 9.70. The molecule has 2 N–H and O–H groups in total. The Morgan fingerprint density at radius 3 is 2.62 bits per heavy atom. The van der Waals surface area contributed by atoms with Crippen molar-refractivity contribution in [2.45, 2.75) is 71.0 Å². The van der Waals surface area contributed by atoms with Gasteiger partial charge in [0.05, 0.1) is 18.3 Å². The molecule has 0 heterocycles. The van der Waals surface area contributed by atoms with Crippen LogP contribution in [0.2, 0.25) is 0 Å². The standard InChI is InChI=1S/C17H30O4/c1-12-6-5-7-14(11-21-13(2)18)8-9-15(10-16(12)19)17(3,4)20/h14-16,19-20H,1,5-11H2,2-4H3/t14?,15-,16?/m0/s1. The van der Waals surface area contributed by atoms with Crippen molar-refractivity contribution in [1.82, 2.24) is 0 Å². The summed E-state index contributed by atoms with van der Waals surface area (Å²) in [4.78, 5) is 11.0. The van der Waals surface area contributed by atoms with Gasteiger partial charge in [-0.05, 0) is 69.8 Å². The third-order valence-corrected chi connectivity index (χ3v) is 4.53. The first-order valence-corrected chi connectivity index (χ1v) is 7.91. The molecule has 0 aliphatic heterocycles. The van der Waals surface area contributed by atoms with Crippen molar-refractivity contribution >= 4 is 5.97 Å². The number of esters is 1. The van der Waals surface area contributed by atoms with E-state index in [9.17, 15) is 15.0 Å². The SMILES string of the molecule is C=C1CCCC(COC(C)=O)CC[C@H](C(C)(C)O)CC1O. The topological polar surface area (TPSA) is 66.8 Å². The summed E-state index contributed by atoms with van der Waals surface area (Å²) in [5, 5.41) is 20.5. The van der Waals surface area contributed by atoms with E-state index in [1.165, 1.54) is 6.92 Å². The van der Waals surface area contributed by atoms with Crippen LogP contribution in [0.1, 0.15) is 59.3 Å². The molecule has 0 aromatic carbocycles. The van der Waals surface area contributed by atoms with E-state index >= 15 is 0 Å². The van der Waals surface area contributed by atoms with Crippen molar-refractivity contribution in [3.63, 3.8) is 0 Å². The molecule has 21 heavy (non-hydrogen) atoms. The molecule has 1 saturated carbocycles. The van der Waals surface area contributed by atoms with E-state index in [-0.39, 0.29) is 11.9 Å². The van der Waals surface area contributed by atoms with Gasteiger partial charge in [0.2, 0.25) is 0 Å². The molecule has 1 rings (SSSR count). The van der Waals surface area contributed by atoms with E-state index in [1.807, 2.05) is 0 Å². The zero-order chi connectivity index (χ0) is 16.0. The Morgan fingerprint density at radius 1 is 1.38 bits per heavy atom. The van der Waals surface area contributed by atoms with Gasteiger partial charge in [-0.2, -0.15) is 0 Å². The van der Waals surface area contributed by atoms with Crippen LogP contribution in [0, 0.1) is 11.8 Å². The highest BCUT2D eigenvalue weighted by atomic mass is 16.5. The molecule has 0 radical (unpaired) electrons. The molecule has 0 amide bonds. The molecule has 122 valence electrons. The van der Waals surface area contributed by atoms with Crippen LogP contribution in [0.3, 0.4) is 0 Å². The smallest absolute Gasteiger partial charge is 0.302 e. The number of carbonyl (C=O) groups is 1. The fraction of sp³-hybridized carbons (Fsp3) is 0.824. The summed E-state index contributed by atoms with van der Waals surface area (Å²) in [6, 6.07) is 0. The van der Waals surface area contributed by atoms with E-state index in [1.54, 1.807) is 13.8 Å². The Balaban J connectivity index is 2.71. The van der Waals surface area contributed by atoms with Crippen LogP contribution in [-0.2, 0) is 9.53 Å². The van der Waals surface area contributed by atoms with Crippen molar-refractivity contribution in [1.29, 1.82) is 0 Å². The number of carbonyl (C=O) groups excluding carboxylic acids is 1. The average molecular weight is 298 g/mol. The van der Waals surface area contributed by atoms with E-state index in [4.69, 9.17) is 4.74 Å². The summed E-state index contributed by atoms with van der Waals surface area (Å²) >= 11 is 0. The summed E-state index contributed by atoms with van der Waals surface area (Å²) in [5.74, 6) is 0.0925. The summed E-state index contributed by atoms with van der Waals surface area (Å²) in [6.45, 7) is 9.43. The Labute approximate surface area is 128 Å². The second kappa shape index (κ2) is 7.95. The predicted molar refractivity (Wildman–Crippen MR) is 82.8 cm³/mol. The van der Waals surface area contributed by atoms with Crippen molar-refractivity contribution in [2.24, 2.45) is 11.8 Å². The van der Waals surface area contributed by atoms with Gasteiger partial charge in [0, 0.05) is 6.92 Å². The zero-order valence-electron chi connectivity index (χ0n) is 13.6. The molecule has 0 bridgehead atoms. The molecule has 0 saturated heterocycles. The minimum absolute atomic E-state index is 0.0159. The van der Waals surface area contributed by atoms with Crippen LogP contribution in [-0.4, -0.2) is 34.5 Å². The number of aliphatic hydroxyl groups excluding tert-OH is 1. The average Bonchev–Trinajstić information content (AvgIpc) is 2.37. The highest BCUT2D eigenvalue weighted by Crippen LogP contribution is 2.33. The van der Waals surface area contributed by atoms with Crippen molar-refractivity contribution in [2.75, 3.05) is 6.61 Å². The van der Waals surface area contributed by atoms with Gasteiger partial charge in [-0.25, -0.2) is 0 Å². The monoisotopic (exact) mass is 298 g/mol. The minimum atomic E-state index is -0.827. The quantitative estimate of drug-likeness (QED) is 0.621. The van der Waals surface area contributed by atoms with E-state index in [2.05, 4.69) is 6.58 Å². The number of aliphatic hydroxyl groups is 2. The Hall–Kier alpha value is -0.870. The molecule has 4 heteroatoms. The molecule has 4 nitrogen and oxygen atoms in total. The van der Waals surface area contributed by atoms with Crippen LogP contribution in [0.15, 0.2) is 12.2 Å². The first kappa shape index (κ1) is 18.2.